The molecule has 41 heavy (non-hydrogen) atoms. The van der Waals surface area contributed by atoms with Crippen molar-refractivity contribution < 1.29 is 46.4 Å². The van der Waals surface area contributed by atoms with Crippen molar-refractivity contribution >= 4 is 33.9 Å². The van der Waals surface area contributed by atoms with Crippen LogP contribution in [0.15, 0.2) is 24.3 Å². The van der Waals surface area contributed by atoms with Gasteiger partial charge in [-0.2, -0.15) is 8.42 Å². The Balaban J connectivity index is 1.63. The van der Waals surface area contributed by atoms with Crippen LogP contribution in [0.1, 0.15) is 51.5 Å². The molecule has 1 unspecified atom stereocenters. The molecule has 0 radical (unpaired) electrons. The number of aliphatic hydroxyl groups is 1. The van der Waals surface area contributed by atoms with Crippen molar-refractivity contribution in [3.63, 3.8) is 0 Å². The van der Waals surface area contributed by atoms with Crippen LogP contribution in [-0.4, -0.2) is 83.5 Å². The molecule has 2 aliphatic rings. The number of rotatable bonds is 13. The van der Waals surface area contributed by atoms with Crippen molar-refractivity contribution in [2.45, 2.75) is 76.1 Å². The monoisotopic (exact) mass is 600 g/mol. The number of likely N-dealkylation sites (tertiary alicyclic amines) is 1. The molecule has 0 saturated carbocycles. The lowest BCUT2D eigenvalue weighted by Gasteiger charge is -2.28. The van der Waals surface area contributed by atoms with Gasteiger partial charge in [-0.3, -0.25) is 18.9 Å². The quantitative estimate of drug-likeness (QED) is 0.203. The Bertz CT molecular complexity index is 1230. The SMILES string of the molecule is CC(C)C[C@H](NC(=O)OC[C@@H]1CCC(=O)N1Cc1cccc(F)c1)C(=O)N[C@@H](C[C@@H]1CCNC1=O)C(O)S(=O)(=O)O. The number of nitrogens with zero attached hydrogens (tertiary/aromatic N) is 1. The second-order valence-corrected chi connectivity index (χ2v) is 12.3. The molecule has 5 atom stereocenters. The molecule has 0 aromatic heterocycles. The molecule has 13 nitrogen and oxygen atoms in total. The maximum Gasteiger partial charge on any atom is 0.407 e. The number of hydrogen-bond acceptors (Lipinski definition) is 8. The summed E-state index contributed by atoms with van der Waals surface area (Å²) in [6.45, 7) is 3.89. The molecule has 4 amide bonds. The Morgan fingerprint density at radius 3 is 2.56 bits per heavy atom. The van der Waals surface area contributed by atoms with Gasteiger partial charge >= 0.3 is 6.09 Å². The Hall–Kier alpha value is -3.30. The zero-order valence-electron chi connectivity index (χ0n) is 22.9. The third kappa shape index (κ3) is 9.36. The van der Waals surface area contributed by atoms with E-state index >= 15 is 0 Å². The Morgan fingerprint density at radius 2 is 1.95 bits per heavy atom. The van der Waals surface area contributed by atoms with Crippen molar-refractivity contribution in [1.29, 1.82) is 0 Å². The first-order valence-electron chi connectivity index (χ1n) is 13.4. The van der Waals surface area contributed by atoms with Gasteiger partial charge in [0.15, 0.2) is 0 Å². The summed E-state index contributed by atoms with van der Waals surface area (Å²) in [5.41, 5.74) is -1.81. The minimum absolute atomic E-state index is 0.106. The van der Waals surface area contributed by atoms with Gasteiger partial charge in [0.1, 0.15) is 18.5 Å². The van der Waals surface area contributed by atoms with Gasteiger partial charge in [0.05, 0.1) is 12.1 Å². The fourth-order valence-corrected chi connectivity index (χ4v) is 5.58. The first kappa shape index (κ1) is 32.2. The van der Waals surface area contributed by atoms with E-state index in [1.807, 2.05) is 0 Å². The third-order valence-electron chi connectivity index (χ3n) is 7.10. The lowest BCUT2D eigenvalue weighted by atomic mass is 9.97. The van der Waals surface area contributed by atoms with Gasteiger partial charge in [0.25, 0.3) is 10.1 Å². The normalized spacial score (nSPS) is 21.4. The molecule has 1 aromatic rings. The van der Waals surface area contributed by atoms with Crippen LogP contribution in [0.25, 0.3) is 0 Å². The largest absolute Gasteiger partial charge is 0.447 e. The van der Waals surface area contributed by atoms with E-state index in [2.05, 4.69) is 16.0 Å². The van der Waals surface area contributed by atoms with E-state index in [0.717, 1.165) is 0 Å². The van der Waals surface area contributed by atoms with E-state index in [1.54, 1.807) is 19.9 Å². The number of alkyl carbamates (subject to hydrolysis) is 1. The average Bonchev–Trinajstić information content (AvgIpc) is 3.45. The first-order chi connectivity index (χ1) is 19.2. The molecule has 0 spiro atoms. The van der Waals surface area contributed by atoms with Crippen molar-refractivity contribution in [3.05, 3.63) is 35.6 Å². The predicted octanol–water partition coefficient (Wildman–Crippen LogP) is 0.675. The number of benzene rings is 1. The lowest BCUT2D eigenvalue weighted by molar-refractivity contribution is -0.130. The summed E-state index contributed by atoms with van der Waals surface area (Å²) in [6.07, 6.45) is -0.0934. The summed E-state index contributed by atoms with van der Waals surface area (Å²) in [5, 5.41) is 17.6. The van der Waals surface area contributed by atoms with Crippen LogP contribution in [-0.2, 0) is 35.8 Å². The third-order valence-corrected chi connectivity index (χ3v) is 8.03. The molecular formula is C26H37FN4O9S. The zero-order valence-corrected chi connectivity index (χ0v) is 23.7. The van der Waals surface area contributed by atoms with Crippen LogP contribution < -0.4 is 16.0 Å². The smallest absolute Gasteiger partial charge is 0.407 e. The van der Waals surface area contributed by atoms with E-state index in [4.69, 9.17) is 4.74 Å². The molecule has 2 fully saturated rings. The second kappa shape index (κ2) is 14.0. The molecule has 228 valence electrons. The van der Waals surface area contributed by atoms with Crippen molar-refractivity contribution in [3.8, 4) is 0 Å². The zero-order chi connectivity index (χ0) is 30.3. The molecule has 2 saturated heterocycles. The highest BCUT2D eigenvalue weighted by Gasteiger charge is 2.38. The Kier molecular flexibility index (Phi) is 11.0. The summed E-state index contributed by atoms with van der Waals surface area (Å²) in [4.78, 5) is 51.7. The van der Waals surface area contributed by atoms with Gasteiger partial charge in [-0.05, 0) is 49.3 Å². The lowest BCUT2D eigenvalue weighted by Crippen LogP contribution is -2.55. The summed E-state index contributed by atoms with van der Waals surface area (Å²) in [5.74, 6) is -2.61. The van der Waals surface area contributed by atoms with Crippen molar-refractivity contribution in [1.82, 2.24) is 20.9 Å². The maximum absolute atomic E-state index is 13.6. The molecule has 0 bridgehead atoms. The van der Waals surface area contributed by atoms with Gasteiger partial charge in [-0.15, -0.1) is 0 Å². The van der Waals surface area contributed by atoms with E-state index < -0.39 is 57.4 Å². The van der Waals surface area contributed by atoms with Crippen molar-refractivity contribution in [2.75, 3.05) is 13.2 Å². The second-order valence-electron chi connectivity index (χ2n) is 10.8. The van der Waals surface area contributed by atoms with Gasteiger partial charge in [-0.1, -0.05) is 26.0 Å². The van der Waals surface area contributed by atoms with Gasteiger partial charge in [0, 0.05) is 25.4 Å². The molecule has 15 heteroatoms. The highest BCUT2D eigenvalue weighted by Crippen LogP contribution is 2.23. The van der Waals surface area contributed by atoms with E-state index in [-0.39, 0.29) is 50.1 Å². The van der Waals surface area contributed by atoms with Crippen LogP contribution in [0.5, 0.6) is 0 Å². The molecule has 0 aliphatic carbocycles. The fraction of sp³-hybridized carbons (Fsp3) is 0.615. The van der Waals surface area contributed by atoms with Crippen LogP contribution >= 0.6 is 0 Å². The van der Waals surface area contributed by atoms with Crippen LogP contribution in [0, 0.1) is 17.7 Å². The Labute approximate surface area is 237 Å². The Morgan fingerprint density at radius 1 is 1.22 bits per heavy atom. The van der Waals surface area contributed by atoms with Crippen LogP contribution in [0.4, 0.5) is 9.18 Å². The number of halogens is 1. The molecule has 3 rings (SSSR count). The predicted molar refractivity (Wildman–Crippen MR) is 143 cm³/mol. The molecule has 1 aromatic carbocycles. The maximum atomic E-state index is 13.6. The summed E-state index contributed by atoms with van der Waals surface area (Å²) >= 11 is 0. The van der Waals surface area contributed by atoms with Gasteiger partial charge in [-0.25, -0.2) is 9.18 Å². The number of nitrogens with one attached hydrogen (secondary N) is 3. The molecule has 2 aliphatic heterocycles. The molecule has 5 N–H and O–H groups in total. The number of carbonyl (C=O) groups excluding carboxylic acids is 4. The van der Waals surface area contributed by atoms with Gasteiger partial charge in [0.2, 0.25) is 23.2 Å². The van der Waals surface area contributed by atoms with E-state index in [0.29, 0.717) is 24.9 Å². The average molecular weight is 601 g/mol. The fourth-order valence-electron chi connectivity index (χ4n) is 4.99. The van der Waals surface area contributed by atoms with E-state index in [9.17, 15) is 41.6 Å². The first-order valence-corrected chi connectivity index (χ1v) is 14.9. The topological polar surface area (TPSA) is 191 Å². The van der Waals surface area contributed by atoms with Crippen LogP contribution in [0.2, 0.25) is 0 Å². The summed E-state index contributed by atoms with van der Waals surface area (Å²) in [7, 11) is -4.99. The van der Waals surface area contributed by atoms with E-state index in [1.165, 1.54) is 23.1 Å². The standard InChI is InChI=1S/C26H37FN4O9S/c1-15(2)10-20(24(34)29-21(25(35)41(37,38)39)12-17-8-9-28-23(17)33)30-26(36)40-14-19-6-7-22(32)31(19)13-16-4-3-5-18(27)11-16/h3-5,11,15,17,19-21,25,35H,6-10,12-14H2,1-2H3,(H,28,33)(H,29,34)(H,30,36)(H,37,38,39)/t17-,19-,20-,21-,25?/m0/s1. The summed E-state index contributed by atoms with van der Waals surface area (Å²) in [6, 6.07) is 2.63. The number of hydrogen-bond donors (Lipinski definition) is 5. The summed E-state index contributed by atoms with van der Waals surface area (Å²) < 4.78 is 51.6. The number of aliphatic hydroxyl groups excluding tert-OH is 1. The number of ether oxygens (including phenoxy) is 1. The number of amides is 4. The van der Waals surface area contributed by atoms with Gasteiger partial charge < -0.3 is 30.7 Å². The number of carbonyl (C=O) groups is 4. The molecule has 2 heterocycles. The molecular weight excluding hydrogens is 563 g/mol. The minimum atomic E-state index is -4.99. The minimum Gasteiger partial charge on any atom is -0.447 e. The highest BCUT2D eigenvalue weighted by atomic mass is 32.2. The van der Waals surface area contributed by atoms with Crippen LogP contribution in [0.3, 0.4) is 0 Å². The van der Waals surface area contributed by atoms with Crippen molar-refractivity contribution in [2.24, 2.45) is 11.8 Å². The highest BCUT2D eigenvalue weighted by molar-refractivity contribution is 7.86.